The Morgan fingerprint density at radius 2 is 1.93 bits per heavy atom. The van der Waals surface area contributed by atoms with E-state index in [0.29, 0.717) is 26.2 Å². The molecule has 14 heavy (non-hydrogen) atoms. The van der Waals surface area contributed by atoms with Crippen molar-refractivity contribution in [3.63, 3.8) is 0 Å². The van der Waals surface area contributed by atoms with Gasteiger partial charge in [0.1, 0.15) is 5.78 Å². The number of hydrogen-bond donors (Lipinski definition) is 1. The van der Waals surface area contributed by atoms with Gasteiger partial charge < -0.3 is 10.0 Å². The van der Waals surface area contributed by atoms with Crippen LogP contribution in [-0.4, -0.2) is 59.5 Å². The van der Waals surface area contributed by atoms with Crippen LogP contribution in [0.1, 0.15) is 13.3 Å². The quantitative estimate of drug-likeness (QED) is 0.694. The molecule has 0 radical (unpaired) electrons. The van der Waals surface area contributed by atoms with Crippen LogP contribution in [0.25, 0.3) is 0 Å². The fourth-order valence-corrected chi connectivity index (χ4v) is 1.64. The molecule has 0 aromatic carbocycles. The molecule has 1 N–H and O–H groups in total. The van der Waals surface area contributed by atoms with Crippen molar-refractivity contribution < 1.29 is 14.7 Å². The van der Waals surface area contributed by atoms with Gasteiger partial charge in [-0.1, -0.05) is 0 Å². The number of carbonyl (C=O) groups is 2. The molecule has 0 atom stereocenters. The topological polar surface area (TPSA) is 60.9 Å². The molecule has 0 unspecified atom stereocenters. The van der Waals surface area contributed by atoms with Crippen molar-refractivity contribution in [2.24, 2.45) is 0 Å². The van der Waals surface area contributed by atoms with Gasteiger partial charge in [0.2, 0.25) is 0 Å². The van der Waals surface area contributed by atoms with Gasteiger partial charge in [-0.05, 0) is 13.3 Å². The molecule has 1 aliphatic heterocycles. The van der Waals surface area contributed by atoms with E-state index in [1.165, 1.54) is 4.90 Å². The molecule has 5 heteroatoms. The lowest BCUT2D eigenvalue weighted by atomic mass is 10.3. The molecule has 0 bridgehead atoms. The van der Waals surface area contributed by atoms with Gasteiger partial charge in [-0.2, -0.15) is 0 Å². The third-order valence-corrected chi connectivity index (χ3v) is 2.31. The summed E-state index contributed by atoms with van der Waals surface area (Å²) in [4.78, 5) is 25.0. The predicted octanol–water partition coefficient (Wildman–Crippen LogP) is 0.261. The molecule has 1 saturated heterocycles. The van der Waals surface area contributed by atoms with E-state index in [0.717, 1.165) is 13.0 Å². The third kappa shape index (κ3) is 3.33. The molecule has 1 amide bonds. The summed E-state index contributed by atoms with van der Waals surface area (Å²) in [6.07, 6.45) is -0.0609. The molecule has 1 rings (SSSR count). The van der Waals surface area contributed by atoms with Gasteiger partial charge in [0.05, 0.1) is 6.54 Å². The Labute approximate surface area is 83.3 Å². The predicted molar refractivity (Wildman–Crippen MR) is 51.3 cm³/mol. The van der Waals surface area contributed by atoms with Crippen molar-refractivity contribution in [2.45, 2.75) is 13.3 Å². The lowest BCUT2D eigenvalue weighted by Crippen LogP contribution is -2.35. The zero-order chi connectivity index (χ0) is 10.6. The molecule has 0 aromatic heterocycles. The van der Waals surface area contributed by atoms with Crippen LogP contribution >= 0.6 is 0 Å². The molecular weight excluding hydrogens is 184 g/mol. The summed E-state index contributed by atoms with van der Waals surface area (Å²) in [6.45, 7) is 4.54. The Bertz CT molecular complexity index is 230. The van der Waals surface area contributed by atoms with Crippen LogP contribution in [0.2, 0.25) is 0 Å². The Hall–Kier alpha value is -1.10. The van der Waals surface area contributed by atoms with Gasteiger partial charge >= 0.3 is 6.09 Å². The van der Waals surface area contributed by atoms with Gasteiger partial charge in [0.15, 0.2) is 0 Å². The largest absolute Gasteiger partial charge is 0.465 e. The minimum Gasteiger partial charge on any atom is -0.465 e. The highest BCUT2D eigenvalue weighted by Gasteiger charge is 2.18. The van der Waals surface area contributed by atoms with Crippen LogP contribution in [0.15, 0.2) is 0 Å². The number of Topliss-reactive ketones (excluding diaryl/α,β-unsaturated/α-hetero) is 1. The maximum Gasteiger partial charge on any atom is 0.407 e. The third-order valence-electron chi connectivity index (χ3n) is 2.31. The van der Waals surface area contributed by atoms with Gasteiger partial charge in [0, 0.05) is 26.2 Å². The highest BCUT2D eigenvalue weighted by molar-refractivity contribution is 5.77. The molecule has 80 valence electrons. The first-order valence-corrected chi connectivity index (χ1v) is 4.79. The molecule has 1 heterocycles. The van der Waals surface area contributed by atoms with Crippen molar-refractivity contribution in [2.75, 3.05) is 32.7 Å². The van der Waals surface area contributed by atoms with Crippen LogP contribution in [0.3, 0.4) is 0 Å². The van der Waals surface area contributed by atoms with Crippen molar-refractivity contribution in [1.82, 2.24) is 9.80 Å². The minimum atomic E-state index is -0.866. The van der Waals surface area contributed by atoms with Gasteiger partial charge in [-0.15, -0.1) is 0 Å². The maximum atomic E-state index is 10.9. The minimum absolute atomic E-state index is 0.133. The summed E-state index contributed by atoms with van der Waals surface area (Å²) < 4.78 is 0. The molecule has 1 aliphatic rings. The standard InChI is InChI=1S/C9H16N2O3/c1-8(12)7-10-3-2-4-11(6-5-10)9(13)14/h2-7H2,1H3,(H,13,14). The summed E-state index contributed by atoms with van der Waals surface area (Å²) in [7, 11) is 0. The zero-order valence-corrected chi connectivity index (χ0v) is 8.40. The molecule has 1 fully saturated rings. The lowest BCUT2D eigenvalue weighted by molar-refractivity contribution is -0.118. The highest BCUT2D eigenvalue weighted by atomic mass is 16.4. The SMILES string of the molecule is CC(=O)CN1CCCN(C(=O)O)CC1. The van der Waals surface area contributed by atoms with Crippen LogP contribution in [0.5, 0.6) is 0 Å². The average molecular weight is 200 g/mol. The summed E-state index contributed by atoms with van der Waals surface area (Å²) in [5, 5.41) is 8.77. The second kappa shape index (κ2) is 4.95. The maximum absolute atomic E-state index is 10.9. The van der Waals surface area contributed by atoms with E-state index in [2.05, 4.69) is 0 Å². The fraction of sp³-hybridized carbons (Fsp3) is 0.778. The first-order valence-electron chi connectivity index (χ1n) is 4.79. The number of hydrogen-bond acceptors (Lipinski definition) is 3. The van der Waals surface area contributed by atoms with Gasteiger partial charge in [0.25, 0.3) is 0 Å². The Morgan fingerprint density at radius 3 is 2.50 bits per heavy atom. The molecule has 0 aromatic rings. The molecule has 0 spiro atoms. The number of ketones is 1. The number of nitrogens with zero attached hydrogens (tertiary/aromatic N) is 2. The number of carbonyl (C=O) groups excluding carboxylic acids is 1. The Morgan fingerprint density at radius 1 is 1.21 bits per heavy atom. The Balaban J connectivity index is 2.40. The molecule has 0 aliphatic carbocycles. The normalized spacial score (nSPS) is 19.1. The number of carboxylic acid groups (broad SMARTS) is 1. The summed E-state index contributed by atoms with van der Waals surface area (Å²) >= 11 is 0. The van der Waals surface area contributed by atoms with Crippen LogP contribution in [-0.2, 0) is 4.79 Å². The summed E-state index contributed by atoms with van der Waals surface area (Å²) in [6, 6.07) is 0. The van der Waals surface area contributed by atoms with Crippen LogP contribution in [0.4, 0.5) is 4.79 Å². The second-order valence-electron chi connectivity index (χ2n) is 3.60. The van der Waals surface area contributed by atoms with Gasteiger partial charge in [-0.3, -0.25) is 9.69 Å². The van der Waals surface area contributed by atoms with E-state index in [4.69, 9.17) is 5.11 Å². The average Bonchev–Trinajstić information content (AvgIpc) is 2.28. The van der Waals surface area contributed by atoms with Gasteiger partial charge in [-0.25, -0.2) is 4.79 Å². The number of rotatable bonds is 2. The monoisotopic (exact) mass is 200 g/mol. The number of amides is 1. The fourth-order valence-electron chi connectivity index (χ4n) is 1.64. The first kappa shape index (κ1) is 11.0. The highest BCUT2D eigenvalue weighted by Crippen LogP contribution is 2.02. The van der Waals surface area contributed by atoms with Crippen LogP contribution < -0.4 is 0 Å². The van der Waals surface area contributed by atoms with Crippen molar-refractivity contribution in [3.05, 3.63) is 0 Å². The van der Waals surface area contributed by atoms with E-state index >= 15 is 0 Å². The van der Waals surface area contributed by atoms with E-state index in [1.807, 2.05) is 4.90 Å². The van der Waals surface area contributed by atoms with E-state index in [9.17, 15) is 9.59 Å². The van der Waals surface area contributed by atoms with E-state index in [1.54, 1.807) is 6.92 Å². The first-order chi connectivity index (χ1) is 6.59. The van der Waals surface area contributed by atoms with Crippen molar-refractivity contribution >= 4 is 11.9 Å². The molecule has 5 nitrogen and oxygen atoms in total. The van der Waals surface area contributed by atoms with Crippen molar-refractivity contribution in [1.29, 1.82) is 0 Å². The van der Waals surface area contributed by atoms with E-state index in [-0.39, 0.29) is 5.78 Å². The second-order valence-corrected chi connectivity index (χ2v) is 3.60. The molecular formula is C9H16N2O3. The Kier molecular flexibility index (Phi) is 3.88. The summed E-state index contributed by atoms with van der Waals surface area (Å²) in [5.41, 5.74) is 0. The smallest absolute Gasteiger partial charge is 0.407 e. The van der Waals surface area contributed by atoms with Crippen molar-refractivity contribution in [3.8, 4) is 0 Å². The zero-order valence-electron chi connectivity index (χ0n) is 8.40. The van der Waals surface area contributed by atoms with E-state index < -0.39 is 6.09 Å². The summed E-state index contributed by atoms with van der Waals surface area (Å²) in [5.74, 6) is 0.133. The van der Waals surface area contributed by atoms with Crippen LogP contribution in [0, 0.1) is 0 Å². The lowest BCUT2D eigenvalue weighted by Gasteiger charge is -2.18. The molecule has 0 saturated carbocycles.